The summed E-state index contributed by atoms with van der Waals surface area (Å²) >= 11 is 1.67. The fourth-order valence-electron chi connectivity index (χ4n) is 1.95. The van der Waals surface area contributed by atoms with Crippen LogP contribution in [0.25, 0.3) is 0 Å². The first-order valence-electron chi connectivity index (χ1n) is 6.65. The van der Waals surface area contributed by atoms with Crippen LogP contribution in [-0.4, -0.2) is 17.0 Å². The van der Waals surface area contributed by atoms with Gasteiger partial charge in [-0.05, 0) is 17.5 Å². The maximum atomic E-state index is 12.0. The summed E-state index contributed by atoms with van der Waals surface area (Å²) in [5.74, 6) is -0.202. The average Bonchev–Trinajstić information content (AvgIpc) is 2.96. The first-order chi connectivity index (χ1) is 9.88. The van der Waals surface area contributed by atoms with E-state index in [2.05, 4.69) is 25.2 Å². The number of hydrogen-bond acceptors (Lipinski definition) is 4. The molecule has 0 aliphatic rings. The molecule has 3 N–H and O–H groups in total. The van der Waals surface area contributed by atoms with Crippen LogP contribution in [0.2, 0.25) is 0 Å². The Morgan fingerprint density at radius 2 is 2.14 bits per heavy atom. The maximum Gasteiger partial charge on any atom is 0.251 e. The first kappa shape index (κ1) is 15.3. The highest BCUT2D eigenvalue weighted by Crippen LogP contribution is 2.26. The van der Waals surface area contributed by atoms with E-state index >= 15 is 0 Å². The number of anilines is 1. The predicted octanol–water partition coefficient (Wildman–Crippen LogP) is 1.59. The van der Waals surface area contributed by atoms with Gasteiger partial charge in [0.2, 0.25) is 5.91 Å². The van der Waals surface area contributed by atoms with E-state index in [9.17, 15) is 9.59 Å². The zero-order valence-corrected chi connectivity index (χ0v) is 12.9. The van der Waals surface area contributed by atoms with Gasteiger partial charge in [0, 0.05) is 34.8 Å². The minimum absolute atomic E-state index is 0.0234. The number of thiophene rings is 1. The van der Waals surface area contributed by atoms with Gasteiger partial charge in [-0.2, -0.15) is 0 Å². The Balaban J connectivity index is 1.96. The Hall–Kier alpha value is -2.08. The van der Waals surface area contributed by atoms with Gasteiger partial charge in [-0.3, -0.25) is 9.59 Å². The molecule has 0 aliphatic carbocycles. The number of nitrogens with two attached hydrogens (primary N) is 1. The molecule has 2 rings (SSSR count). The number of amides is 1. The normalized spacial score (nSPS) is 11.3. The number of nitrogens with one attached hydrogen (secondary N) is 1. The molecule has 0 atom stereocenters. The SMILES string of the molecule is CC(C)(CNC(=O)Cn1cc(N)ccc1=O)c1cccs1. The number of rotatable bonds is 5. The van der Waals surface area contributed by atoms with Crippen LogP contribution in [0.3, 0.4) is 0 Å². The second-order valence-electron chi connectivity index (χ2n) is 5.57. The lowest BCUT2D eigenvalue weighted by Crippen LogP contribution is -2.39. The van der Waals surface area contributed by atoms with Gasteiger partial charge in [0.1, 0.15) is 6.54 Å². The molecule has 5 nitrogen and oxygen atoms in total. The molecule has 2 heterocycles. The Bertz CT molecular complexity index is 674. The van der Waals surface area contributed by atoms with Crippen molar-refractivity contribution in [1.29, 1.82) is 0 Å². The van der Waals surface area contributed by atoms with Gasteiger partial charge < -0.3 is 15.6 Å². The van der Waals surface area contributed by atoms with Crippen LogP contribution in [-0.2, 0) is 16.8 Å². The van der Waals surface area contributed by atoms with Gasteiger partial charge in [-0.1, -0.05) is 19.9 Å². The summed E-state index contributed by atoms with van der Waals surface area (Å²) in [6.07, 6.45) is 1.48. The summed E-state index contributed by atoms with van der Waals surface area (Å²) in [6.45, 7) is 4.64. The summed E-state index contributed by atoms with van der Waals surface area (Å²) in [7, 11) is 0. The van der Waals surface area contributed by atoms with Gasteiger partial charge in [0.05, 0.1) is 0 Å². The number of aromatic nitrogens is 1. The van der Waals surface area contributed by atoms with Crippen molar-refractivity contribution in [2.75, 3.05) is 12.3 Å². The van der Waals surface area contributed by atoms with E-state index in [1.165, 1.54) is 27.8 Å². The van der Waals surface area contributed by atoms with Crippen LogP contribution < -0.4 is 16.6 Å². The van der Waals surface area contributed by atoms with Crippen molar-refractivity contribution in [2.45, 2.75) is 25.8 Å². The Morgan fingerprint density at radius 3 is 2.81 bits per heavy atom. The topological polar surface area (TPSA) is 77.1 Å². The molecule has 6 heteroatoms. The van der Waals surface area contributed by atoms with Gasteiger partial charge in [0.15, 0.2) is 0 Å². The van der Waals surface area contributed by atoms with Crippen molar-refractivity contribution in [3.8, 4) is 0 Å². The molecule has 2 aromatic heterocycles. The highest BCUT2D eigenvalue weighted by atomic mass is 32.1. The lowest BCUT2D eigenvalue weighted by molar-refractivity contribution is -0.121. The Labute approximate surface area is 127 Å². The van der Waals surface area contributed by atoms with Gasteiger partial charge in [0.25, 0.3) is 5.56 Å². The molecule has 0 aromatic carbocycles. The van der Waals surface area contributed by atoms with Crippen molar-refractivity contribution >= 4 is 22.9 Å². The molecule has 0 unspecified atom stereocenters. The van der Waals surface area contributed by atoms with Crippen LogP contribution in [0.4, 0.5) is 5.69 Å². The molecule has 1 amide bonds. The van der Waals surface area contributed by atoms with Crippen molar-refractivity contribution in [3.05, 3.63) is 51.1 Å². The van der Waals surface area contributed by atoms with E-state index in [-0.39, 0.29) is 23.4 Å². The Kier molecular flexibility index (Phi) is 4.47. The summed E-state index contributed by atoms with van der Waals surface area (Å²) in [5, 5.41) is 4.89. The highest BCUT2D eigenvalue weighted by molar-refractivity contribution is 7.10. The molecule has 0 saturated carbocycles. The standard InChI is InChI=1S/C15H19N3O2S/c1-15(2,12-4-3-7-21-12)10-17-13(19)9-18-8-11(16)5-6-14(18)20/h3-8H,9-10,16H2,1-2H3,(H,17,19). The van der Waals surface area contributed by atoms with E-state index in [0.717, 1.165) is 0 Å². The fraction of sp³-hybridized carbons (Fsp3) is 0.333. The molecular weight excluding hydrogens is 286 g/mol. The summed E-state index contributed by atoms with van der Waals surface area (Å²) < 4.78 is 1.31. The average molecular weight is 305 g/mol. The van der Waals surface area contributed by atoms with E-state index < -0.39 is 0 Å². The monoisotopic (exact) mass is 305 g/mol. The van der Waals surface area contributed by atoms with Crippen LogP contribution in [0.1, 0.15) is 18.7 Å². The lowest BCUT2D eigenvalue weighted by atomic mass is 9.91. The van der Waals surface area contributed by atoms with Crippen LogP contribution in [0.5, 0.6) is 0 Å². The molecule has 0 spiro atoms. The van der Waals surface area contributed by atoms with E-state index in [0.29, 0.717) is 12.2 Å². The van der Waals surface area contributed by atoms with E-state index in [4.69, 9.17) is 5.73 Å². The third kappa shape index (κ3) is 3.95. The molecular formula is C15H19N3O2S. The van der Waals surface area contributed by atoms with E-state index in [1.54, 1.807) is 11.3 Å². The number of nitrogen functional groups attached to an aromatic ring is 1. The van der Waals surface area contributed by atoms with E-state index in [1.807, 2.05) is 11.4 Å². The second kappa shape index (κ2) is 6.13. The summed E-state index contributed by atoms with van der Waals surface area (Å²) in [6, 6.07) is 6.93. The largest absolute Gasteiger partial charge is 0.398 e. The van der Waals surface area contributed by atoms with Crippen LogP contribution in [0, 0.1) is 0 Å². The third-order valence-corrected chi connectivity index (χ3v) is 4.47. The zero-order valence-electron chi connectivity index (χ0n) is 12.1. The molecule has 0 radical (unpaired) electrons. The molecule has 2 aromatic rings. The molecule has 112 valence electrons. The minimum Gasteiger partial charge on any atom is -0.398 e. The minimum atomic E-state index is -0.239. The number of nitrogens with zero attached hydrogens (tertiary/aromatic N) is 1. The van der Waals surface area contributed by atoms with Crippen molar-refractivity contribution in [2.24, 2.45) is 0 Å². The predicted molar refractivity (Wildman–Crippen MR) is 85.5 cm³/mol. The number of pyridine rings is 1. The van der Waals surface area contributed by atoms with Gasteiger partial charge >= 0.3 is 0 Å². The third-order valence-electron chi connectivity index (χ3n) is 3.24. The Morgan fingerprint density at radius 1 is 1.38 bits per heavy atom. The molecule has 0 fully saturated rings. The van der Waals surface area contributed by atoms with Gasteiger partial charge in [-0.25, -0.2) is 0 Å². The lowest BCUT2D eigenvalue weighted by Gasteiger charge is -2.23. The second-order valence-corrected chi connectivity index (χ2v) is 6.51. The highest BCUT2D eigenvalue weighted by Gasteiger charge is 2.22. The van der Waals surface area contributed by atoms with Gasteiger partial charge in [-0.15, -0.1) is 11.3 Å². The van der Waals surface area contributed by atoms with Crippen molar-refractivity contribution in [3.63, 3.8) is 0 Å². The maximum absolute atomic E-state index is 12.0. The quantitative estimate of drug-likeness (QED) is 0.880. The number of carbonyl (C=O) groups excluding carboxylic acids is 1. The number of carbonyl (C=O) groups is 1. The molecule has 0 bridgehead atoms. The summed E-state index contributed by atoms with van der Waals surface area (Å²) in [4.78, 5) is 24.8. The van der Waals surface area contributed by atoms with Crippen molar-refractivity contribution in [1.82, 2.24) is 9.88 Å². The zero-order chi connectivity index (χ0) is 15.5. The van der Waals surface area contributed by atoms with Crippen molar-refractivity contribution < 1.29 is 4.79 Å². The fourth-order valence-corrected chi connectivity index (χ4v) is 2.81. The molecule has 0 aliphatic heterocycles. The van der Waals surface area contributed by atoms with Crippen LogP contribution >= 0.6 is 11.3 Å². The first-order valence-corrected chi connectivity index (χ1v) is 7.53. The smallest absolute Gasteiger partial charge is 0.251 e. The van der Waals surface area contributed by atoms with Crippen LogP contribution in [0.15, 0.2) is 40.6 Å². The molecule has 0 saturated heterocycles. The summed E-state index contributed by atoms with van der Waals surface area (Å²) in [5.41, 5.74) is 5.71. The molecule has 21 heavy (non-hydrogen) atoms. The number of hydrogen-bond donors (Lipinski definition) is 2.